The number of ether oxygens (including phenoxy) is 1. The molecule has 0 spiro atoms. The van der Waals surface area contributed by atoms with Crippen molar-refractivity contribution in [3.63, 3.8) is 0 Å². The molecular formula is C14H18N2O4S. The van der Waals surface area contributed by atoms with E-state index in [1.807, 2.05) is 6.07 Å². The Morgan fingerprint density at radius 1 is 1.33 bits per heavy atom. The van der Waals surface area contributed by atoms with Crippen molar-refractivity contribution in [2.45, 2.75) is 19.8 Å². The lowest BCUT2D eigenvalue weighted by atomic mass is 10.3. The molecule has 1 rings (SSSR count). The molecule has 114 valence electrons. The predicted octanol–water partition coefficient (Wildman–Crippen LogP) is 1.69. The van der Waals surface area contributed by atoms with Crippen LogP contribution in [0.1, 0.15) is 19.8 Å². The van der Waals surface area contributed by atoms with Gasteiger partial charge >= 0.3 is 5.97 Å². The van der Waals surface area contributed by atoms with E-state index in [4.69, 9.17) is 10.00 Å². The summed E-state index contributed by atoms with van der Waals surface area (Å²) in [5, 5.41) is 8.67. The van der Waals surface area contributed by atoms with E-state index in [1.54, 1.807) is 37.3 Å². The SMILES string of the molecule is CCOC(=O)CCS(=O)(=O)N(CCC#N)c1ccccc1. The number of esters is 1. The van der Waals surface area contributed by atoms with Gasteiger partial charge in [-0.05, 0) is 19.1 Å². The van der Waals surface area contributed by atoms with Gasteiger partial charge in [-0.15, -0.1) is 0 Å². The van der Waals surface area contributed by atoms with E-state index in [0.717, 1.165) is 4.31 Å². The van der Waals surface area contributed by atoms with Crippen molar-refractivity contribution < 1.29 is 17.9 Å². The number of rotatable bonds is 8. The normalized spacial score (nSPS) is 10.7. The fourth-order valence-corrected chi connectivity index (χ4v) is 3.19. The second-order valence-electron chi connectivity index (χ2n) is 4.19. The van der Waals surface area contributed by atoms with Crippen molar-refractivity contribution >= 4 is 21.7 Å². The van der Waals surface area contributed by atoms with E-state index in [-0.39, 0.29) is 31.7 Å². The number of para-hydroxylation sites is 1. The number of sulfonamides is 1. The minimum absolute atomic E-state index is 0.0612. The first-order valence-electron chi connectivity index (χ1n) is 6.59. The van der Waals surface area contributed by atoms with E-state index in [2.05, 4.69) is 0 Å². The number of nitriles is 1. The molecule has 0 aliphatic heterocycles. The molecule has 0 N–H and O–H groups in total. The van der Waals surface area contributed by atoms with Crippen molar-refractivity contribution in [2.24, 2.45) is 0 Å². The van der Waals surface area contributed by atoms with Gasteiger partial charge in [-0.25, -0.2) is 8.42 Å². The zero-order valence-electron chi connectivity index (χ0n) is 11.9. The fourth-order valence-electron chi connectivity index (χ4n) is 1.73. The monoisotopic (exact) mass is 310 g/mol. The number of anilines is 1. The minimum atomic E-state index is -3.68. The number of hydrogen-bond donors (Lipinski definition) is 0. The van der Waals surface area contributed by atoms with Crippen LogP contribution in [0.2, 0.25) is 0 Å². The summed E-state index contributed by atoms with van der Waals surface area (Å²) in [5.41, 5.74) is 0.483. The van der Waals surface area contributed by atoms with Crippen molar-refractivity contribution in [3.05, 3.63) is 30.3 Å². The average Bonchev–Trinajstić information content (AvgIpc) is 2.47. The molecule has 1 aromatic rings. The van der Waals surface area contributed by atoms with Crippen LogP contribution in [0.25, 0.3) is 0 Å². The lowest BCUT2D eigenvalue weighted by Gasteiger charge is -2.23. The zero-order valence-corrected chi connectivity index (χ0v) is 12.7. The van der Waals surface area contributed by atoms with Crippen molar-refractivity contribution in [2.75, 3.05) is 23.2 Å². The first kappa shape index (κ1) is 17.0. The average molecular weight is 310 g/mol. The fraction of sp³-hybridized carbons (Fsp3) is 0.429. The summed E-state index contributed by atoms with van der Waals surface area (Å²) in [6, 6.07) is 10.4. The van der Waals surface area contributed by atoms with Crippen LogP contribution >= 0.6 is 0 Å². The molecule has 0 saturated heterocycles. The molecule has 0 radical (unpaired) electrons. The minimum Gasteiger partial charge on any atom is -0.466 e. The van der Waals surface area contributed by atoms with Gasteiger partial charge in [0.1, 0.15) is 0 Å². The van der Waals surface area contributed by atoms with Gasteiger partial charge in [0.2, 0.25) is 10.0 Å². The Morgan fingerprint density at radius 3 is 2.57 bits per heavy atom. The molecular weight excluding hydrogens is 292 g/mol. The molecule has 0 amide bonds. The van der Waals surface area contributed by atoms with Crippen molar-refractivity contribution in [1.29, 1.82) is 5.26 Å². The van der Waals surface area contributed by atoms with Crippen LogP contribution < -0.4 is 4.31 Å². The number of carbonyl (C=O) groups is 1. The van der Waals surface area contributed by atoms with Crippen LogP contribution in [0.5, 0.6) is 0 Å². The Kier molecular flexibility index (Phi) is 6.69. The summed E-state index contributed by atoms with van der Waals surface area (Å²) in [7, 11) is -3.68. The third kappa shape index (κ3) is 5.44. The number of carbonyl (C=O) groups excluding carboxylic acids is 1. The zero-order chi connectivity index (χ0) is 15.7. The molecule has 0 fully saturated rings. The maximum Gasteiger partial charge on any atom is 0.306 e. The first-order valence-corrected chi connectivity index (χ1v) is 8.20. The summed E-state index contributed by atoms with van der Waals surface area (Å²) in [5.74, 6) is -0.888. The van der Waals surface area contributed by atoms with E-state index in [1.165, 1.54) is 0 Å². The third-order valence-corrected chi connectivity index (χ3v) is 4.46. The molecule has 0 aliphatic rings. The van der Waals surface area contributed by atoms with E-state index in [0.29, 0.717) is 5.69 Å². The molecule has 6 nitrogen and oxygen atoms in total. The largest absolute Gasteiger partial charge is 0.466 e. The molecule has 0 bridgehead atoms. The Balaban J connectivity index is 2.86. The van der Waals surface area contributed by atoms with Gasteiger partial charge in [0.25, 0.3) is 0 Å². The summed E-state index contributed by atoms with van der Waals surface area (Å²) >= 11 is 0. The Labute approximate surface area is 125 Å². The number of benzene rings is 1. The van der Waals surface area contributed by atoms with Gasteiger partial charge in [0.05, 0.1) is 37.0 Å². The van der Waals surface area contributed by atoms with Gasteiger partial charge < -0.3 is 4.74 Å². The Bertz CT molecular complexity index is 593. The second-order valence-corrected chi connectivity index (χ2v) is 6.20. The van der Waals surface area contributed by atoms with Crippen molar-refractivity contribution in [3.8, 4) is 6.07 Å². The molecule has 0 unspecified atom stereocenters. The van der Waals surface area contributed by atoms with Gasteiger partial charge in [0.15, 0.2) is 0 Å². The van der Waals surface area contributed by atoms with E-state index < -0.39 is 16.0 Å². The molecule has 0 aromatic heterocycles. The molecule has 0 heterocycles. The maximum absolute atomic E-state index is 12.4. The molecule has 7 heteroatoms. The second kappa shape index (κ2) is 8.27. The Morgan fingerprint density at radius 2 is 2.00 bits per heavy atom. The third-order valence-electron chi connectivity index (χ3n) is 2.68. The number of hydrogen-bond acceptors (Lipinski definition) is 5. The van der Waals surface area contributed by atoms with Crippen LogP contribution in [0.4, 0.5) is 5.69 Å². The quantitative estimate of drug-likeness (QED) is 0.682. The maximum atomic E-state index is 12.4. The smallest absolute Gasteiger partial charge is 0.306 e. The lowest BCUT2D eigenvalue weighted by molar-refractivity contribution is -0.142. The highest BCUT2D eigenvalue weighted by molar-refractivity contribution is 7.92. The van der Waals surface area contributed by atoms with Crippen LogP contribution in [0.15, 0.2) is 30.3 Å². The highest BCUT2D eigenvalue weighted by Gasteiger charge is 2.23. The molecule has 0 atom stereocenters. The summed E-state index contributed by atoms with van der Waals surface area (Å²) in [4.78, 5) is 11.3. The molecule has 0 aliphatic carbocycles. The van der Waals surface area contributed by atoms with Crippen LogP contribution in [0.3, 0.4) is 0 Å². The van der Waals surface area contributed by atoms with Gasteiger partial charge in [-0.1, -0.05) is 18.2 Å². The van der Waals surface area contributed by atoms with Gasteiger partial charge in [-0.3, -0.25) is 9.10 Å². The van der Waals surface area contributed by atoms with Crippen molar-refractivity contribution in [1.82, 2.24) is 0 Å². The summed E-state index contributed by atoms with van der Waals surface area (Å²) < 4.78 is 30.6. The van der Waals surface area contributed by atoms with Crippen LogP contribution in [-0.2, 0) is 19.6 Å². The topological polar surface area (TPSA) is 87.5 Å². The highest BCUT2D eigenvalue weighted by atomic mass is 32.2. The van der Waals surface area contributed by atoms with Crippen LogP contribution in [0, 0.1) is 11.3 Å². The Hall–Kier alpha value is -2.07. The summed E-state index contributed by atoms with van der Waals surface area (Å²) in [6.45, 7) is 1.94. The molecule has 0 saturated carbocycles. The standard InChI is InChI=1S/C14H18N2O4S/c1-2-20-14(17)9-12-21(18,19)16(11-6-10-15)13-7-4-3-5-8-13/h3-5,7-8H,2,6,9,11-12H2,1H3. The number of nitrogens with zero attached hydrogens (tertiary/aromatic N) is 2. The first-order chi connectivity index (χ1) is 10.0. The predicted molar refractivity (Wildman–Crippen MR) is 79.1 cm³/mol. The van der Waals surface area contributed by atoms with E-state index >= 15 is 0 Å². The van der Waals surface area contributed by atoms with Gasteiger partial charge in [-0.2, -0.15) is 5.26 Å². The van der Waals surface area contributed by atoms with Gasteiger partial charge in [0, 0.05) is 6.54 Å². The molecule has 1 aromatic carbocycles. The molecule has 21 heavy (non-hydrogen) atoms. The summed E-state index contributed by atoms with van der Waals surface area (Å²) in [6.07, 6.45) is -0.125. The highest BCUT2D eigenvalue weighted by Crippen LogP contribution is 2.18. The lowest BCUT2D eigenvalue weighted by Crippen LogP contribution is -2.34. The van der Waals surface area contributed by atoms with E-state index in [9.17, 15) is 13.2 Å². The van der Waals surface area contributed by atoms with Crippen LogP contribution in [-0.4, -0.2) is 33.3 Å².